The highest BCUT2D eigenvalue weighted by Crippen LogP contribution is 2.43. The summed E-state index contributed by atoms with van der Waals surface area (Å²) in [6.07, 6.45) is 4.54. The smallest absolute Gasteiger partial charge is 0.329 e. The van der Waals surface area contributed by atoms with Gasteiger partial charge in [-0.2, -0.15) is 0 Å². The summed E-state index contributed by atoms with van der Waals surface area (Å²) >= 11 is 7.71. The Labute approximate surface area is 181 Å². The number of hydrogen-bond donors (Lipinski definition) is 0. The zero-order chi connectivity index (χ0) is 20.8. The quantitative estimate of drug-likeness (QED) is 0.428. The molecule has 0 spiro atoms. The van der Waals surface area contributed by atoms with E-state index in [-0.39, 0.29) is 11.3 Å². The lowest BCUT2D eigenvalue weighted by molar-refractivity contribution is -0.145. The lowest BCUT2D eigenvalue weighted by Gasteiger charge is -2.28. The normalized spacial score (nSPS) is 18.7. The average molecular weight is 432 g/mol. The zero-order valence-electron chi connectivity index (χ0n) is 16.8. The third-order valence-corrected chi connectivity index (χ3v) is 6.67. The maximum Gasteiger partial charge on any atom is 0.329 e. The number of carbonyl (C=O) groups is 2. The number of hydrogen-bond acceptors (Lipinski definition) is 4. The Balaban J connectivity index is 1.85. The minimum absolute atomic E-state index is 0.171. The molecule has 0 aliphatic carbocycles. The molecule has 0 saturated carbocycles. The van der Waals surface area contributed by atoms with Crippen molar-refractivity contribution in [3.63, 3.8) is 0 Å². The first-order valence-corrected chi connectivity index (χ1v) is 11.3. The van der Waals surface area contributed by atoms with Crippen molar-refractivity contribution in [3.05, 3.63) is 70.2 Å². The van der Waals surface area contributed by atoms with Crippen LogP contribution < -0.4 is 0 Å². The standard InChI is InChI=1S/C23H26ClNO3S/c1-3-4-5-7-16-10-12-17(13-11-16)21(26)25-20(23(27)28-2)15-29-22(25)18-8-6-9-19(24)14-18/h6,8-14,20,22H,3-5,7,15H2,1-2H3. The fraction of sp³-hybridized carbons (Fsp3) is 0.391. The van der Waals surface area contributed by atoms with Crippen LogP contribution >= 0.6 is 23.4 Å². The van der Waals surface area contributed by atoms with Gasteiger partial charge in [0.25, 0.3) is 5.91 Å². The van der Waals surface area contributed by atoms with Crippen molar-refractivity contribution < 1.29 is 14.3 Å². The van der Waals surface area contributed by atoms with Crippen LogP contribution in [0.15, 0.2) is 48.5 Å². The Morgan fingerprint density at radius 1 is 1.17 bits per heavy atom. The van der Waals surface area contributed by atoms with Crippen molar-refractivity contribution >= 4 is 35.2 Å². The van der Waals surface area contributed by atoms with E-state index >= 15 is 0 Å². The highest BCUT2D eigenvalue weighted by Gasteiger charge is 2.43. The van der Waals surface area contributed by atoms with Crippen LogP contribution in [0.4, 0.5) is 0 Å². The topological polar surface area (TPSA) is 46.6 Å². The molecule has 2 atom stereocenters. The molecule has 1 fully saturated rings. The van der Waals surface area contributed by atoms with Gasteiger partial charge in [0.15, 0.2) is 0 Å². The third-order valence-electron chi connectivity index (χ3n) is 5.11. The summed E-state index contributed by atoms with van der Waals surface area (Å²) in [5.74, 6) is -0.0768. The van der Waals surface area contributed by atoms with Crippen LogP contribution in [0.3, 0.4) is 0 Å². The van der Waals surface area contributed by atoms with Gasteiger partial charge in [-0.15, -0.1) is 11.8 Å². The number of nitrogens with zero attached hydrogens (tertiary/aromatic N) is 1. The van der Waals surface area contributed by atoms with E-state index in [2.05, 4.69) is 6.92 Å². The minimum Gasteiger partial charge on any atom is -0.467 e. The van der Waals surface area contributed by atoms with Crippen LogP contribution in [-0.4, -0.2) is 35.7 Å². The van der Waals surface area contributed by atoms with E-state index in [0.29, 0.717) is 16.3 Å². The highest BCUT2D eigenvalue weighted by atomic mass is 35.5. The molecule has 29 heavy (non-hydrogen) atoms. The first-order valence-electron chi connectivity index (χ1n) is 9.91. The van der Waals surface area contributed by atoms with Gasteiger partial charge in [0.1, 0.15) is 11.4 Å². The number of carbonyl (C=O) groups excluding carboxylic acids is 2. The SMILES string of the molecule is CCCCCc1ccc(C(=O)N2C(C(=O)OC)CSC2c2cccc(Cl)c2)cc1. The van der Waals surface area contributed by atoms with E-state index in [1.54, 1.807) is 22.7 Å². The molecule has 0 radical (unpaired) electrons. The fourth-order valence-electron chi connectivity index (χ4n) is 3.53. The lowest BCUT2D eigenvalue weighted by Crippen LogP contribution is -2.43. The van der Waals surface area contributed by atoms with Crippen LogP contribution in [0.1, 0.15) is 53.0 Å². The number of thioether (sulfide) groups is 1. The number of halogens is 1. The molecule has 2 unspecified atom stereocenters. The Bertz CT molecular complexity index is 855. The maximum absolute atomic E-state index is 13.4. The largest absolute Gasteiger partial charge is 0.467 e. The number of aryl methyl sites for hydroxylation is 1. The number of rotatable bonds is 7. The number of methoxy groups -OCH3 is 1. The molecule has 1 heterocycles. The van der Waals surface area contributed by atoms with E-state index in [1.807, 2.05) is 42.5 Å². The Morgan fingerprint density at radius 3 is 2.59 bits per heavy atom. The van der Waals surface area contributed by atoms with E-state index in [0.717, 1.165) is 18.4 Å². The monoisotopic (exact) mass is 431 g/mol. The van der Waals surface area contributed by atoms with Gasteiger partial charge in [0.2, 0.25) is 0 Å². The zero-order valence-corrected chi connectivity index (χ0v) is 18.3. The maximum atomic E-state index is 13.4. The van der Waals surface area contributed by atoms with Crippen molar-refractivity contribution in [2.24, 2.45) is 0 Å². The number of unbranched alkanes of at least 4 members (excludes halogenated alkanes) is 2. The van der Waals surface area contributed by atoms with Crippen molar-refractivity contribution in [2.75, 3.05) is 12.9 Å². The molecule has 0 bridgehead atoms. The summed E-state index contributed by atoms with van der Waals surface area (Å²) in [6, 6.07) is 14.5. The van der Waals surface area contributed by atoms with Crippen LogP contribution in [0.2, 0.25) is 5.02 Å². The molecule has 1 aliphatic rings. The van der Waals surface area contributed by atoms with Crippen molar-refractivity contribution in [3.8, 4) is 0 Å². The number of benzene rings is 2. The molecule has 0 aromatic heterocycles. The van der Waals surface area contributed by atoms with Crippen LogP contribution in [0, 0.1) is 0 Å². The number of esters is 1. The average Bonchev–Trinajstić information content (AvgIpc) is 3.18. The summed E-state index contributed by atoms with van der Waals surface area (Å²) in [5.41, 5.74) is 2.70. The van der Waals surface area contributed by atoms with Gasteiger partial charge in [0, 0.05) is 16.3 Å². The first-order chi connectivity index (χ1) is 14.0. The van der Waals surface area contributed by atoms with E-state index in [9.17, 15) is 9.59 Å². The van der Waals surface area contributed by atoms with Gasteiger partial charge in [-0.1, -0.05) is 55.6 Å². The molecule has 2 aromatic rings. The Hall–Kier alpha value is -1.98. The van der Waals surface area contributed by atoms with E-state index in [4.69, 9.17) is 16.3 Å². The fourth-order valence-corrected chi connectivity index (χ4v) is 5.13. The van der Waals surface area contributed by atoms with Gasteiger partial charge in [0.05, 0.1) is 7.11 Å². The Kier molecular flexibility index (Phi) is 7.62. The number of amides is 1. The molecule has 1 saturated heterocycles. The summed E-state index contributed by atoms with van der Waals surface area (Å²) in [6.45, 7) is 2.18. The molecule has 1 aliphatic heterocycles. The molecular formula is C23H26ClNO3S. The van der Waals surface area contributed by atoms with Gasteiger partial charge < -0.3 is 9.64 Å². The summed E-state index contributed by atoms with van der Waals surface area (Å²) in [4.78, 5) is 27.4. The summed E-state index contributed by atoms with van der Waals surface area (Å²) in [7, 11) is 1.35. The highest BCUT2D eigenvalue weighted by molar-refractivity contribution is 7.99. The summed E-state index contributed by atoms with van der Waals surface area (Å²) in [5, 5.41) is 0.322. The minimum atomic E-state index is -0.620. The third kappa shape index (κ3) is 5.14. The second-order valence-corrected chi connectivity index (χ2v) is 8.70. The molecule has 4 nitrogen and oxygen atoms in total. The molecule has 3 rings (SSSR count). The van der Waals surface area contributed by atoms with Crippen LogP contribution in [0.5, 0.6) is 0 Å². The number of ether oxygens (including phenoxy) is 1. The van der Waals surface area contributed by atoms with Gasteiger partial charge in [-0.25, -0.2) is 4.79 Å². The van der Waals surface area contributed by atoms with Gasteiger partial charge in [-0.3, -0.25) is 4.79 Å². The van der Waals surface area contributed by atoms with Crippen LogP contribution in [0.25, 0.3) is 0 Å². The van der Waals surface area contributed by atoms with Gasteiger partial charge >= 0.3 is 5.97 Å². The van der Waals surface area contributed by atoms with E-state index < -0.39 is 12.0 Å². The Morgan fingerprint density at radius 2 is 1.93 bits per heavy atom. The molecule has 154 valence electrons. The molecule has 0 N–H and O–H groups in total. The van der Waals surface area contributed by atoms with Crippen molar-refractivity contribution in [1.82, 2.24) is 4.90 Å². The van der Waals surface area contributed by atoms with Crippen molar-refractivity contribution in [1.29, 1.82) is 0 Å². The van der Waals surface area contributed by atoms with Gasteiger partial charge in [-0.05, 0) is 48.2 Å². The predicted molar refractivity (Wildman–Crippen MR) is 118 cm³/mol. The molecular weight excluding hydrogens is 406 g/mol. The van der Waals surface area contributed by atoms with E-state index in [1.165, 1.54) is 25.5 Å². The second kappa shape index (κ2) is 10.2. The molecule has 1 amide bonds. The lowest BCUT2D eigenvalue weighted by atomic mass is 10.0. The summed E-state index contributed by atoms with van der Waals surface area (Å²) < 4.78 is 4.96. The molecule has 6 heteroatoms. The molecule has 2 aromatic carbocycles. The van der Waals surface area contributed by atoms with Crippen LogP contribution in [-0.2, 0) is 16.0 Å². The first kappa shape index (κ1) is 21.7. The predicted octanol–water partition coefficient (Wildman–Crippen LogP) is 5.50. The second-order valence-electron chi connectivity index (χ2n) is 7.15. The van der Waals surface area contributed by atoms with Crippen molar-refractivity contribution in [2.45, 2.75) is 44.0 Å².